The van der Waals surface area contributed by atoms with Gasteiger partial charge in [0.2, 0.25) is 0 Å². The van der Waals surface area contributed by atoms with Crippen LogP contribution in [0.15, 0.2) is 18.6 Å². The van der Waals surface area contributed by atoms with E-state index in [0.29, 0.717) is 12.6 Å². The van der Waals surface area contributed by atoms with E-state index in [9.17, 15) is 4.79 Å². The Bertz CT molecular complexity index is 1070. The molecule has 8 heteroatoms. The van der Waals surface area contributed by atoms with E-state index in [2.05, 4.69) is 49.3 Å². The lowest BCUT2D eigenvalue weighted by molar-refractivity contribution is 0.0925. The van der Waals surface area contributed by atoms with Crippen LogP contribution in [0.25, 0.3) is 11.0 Å². The van der Waals surface area contributed by atoms with E-state index in [4.69, 9.17) is 0 Å². The molecule has 0 bridgehead atoms. The van der Waals surface area contributed by atoms with Crippen LogP contribution in [-0.2, 0) is 7.05 Å². The lowest BCUT2D eigenvalue weighted by Gasteiger charge is -2.35. The molecule has 5 rings (SSSR count). The summed E-state index contributed by atoms with van der Waals surface area (Å²) in [4.78, 5) is 26.3. The van der Waals surface area contributed by atoms with Crippen molar-refractivity contribution in [1.29, 1.82) is 0 Å². The summed E-state index contributed by atoms with van der Waals surface area (Å²) in [5.74, 6) is 1.16. The lowest BCUT2D eigenvalue weighted by Crippen LogP contribution is -2.48. The first-order valence-corrected chi connectivity index (χ1v) is 10.3. The fourth-order valence-electron chi connectivity index (χ4n) is 4.56. The van der Waals surface area contributed by atoms with Gasteiger partial charge in [0.1, 0.15) is 12.1 Å². The van der Waals surface area contributed by atoms with Gasteiger partial charge in [-0.3, -0.25) is 14.4 Å². The number of carbonyl (C=O) groups excluding carboxylic acids is 1. The van der Waals surface area contributed by atoms with Crippen LogP contribution < -0.4 is 4.90 Å². The molecule has 1 saturated heterocycles. The number of aromatic nitrogens is 5. The second-order valence-corrected chi connectivity index (χ2v) is 8.28. The predicted octanol–water partition coefficient (Wildman–Crippen LogP) is 2.12. The summed E-state index contributed by atoms with van der Waals surface area (Å²) in [6.45, 7) is 8.06. The summed E-state index contributed by atoms with van der Waals surface area (Å²) < 4.78 is 4.12. The fourth-order valence-corrected chi connectivity index (χ4v) is 4.56. The largest absolute Gasteiger partial charge is 0.353 e. The summed E-state index contributed by atoms with van der Waals surface area (Å²) in [6, 6.07) is 2.68. The van der Waals surface area contributed by atoms with Crippen molar-refractivity contribution in [2.24, 2.45) is 7.05 Å². The van der Waals surface area contributed by atoms with Crippen LogP contribution in [0.3, 0.4) is 0 Å². The zero-order valence-electron chi connectivity index (χ0n) is 17.3. The molecule has 0 aromatic carbocycles. The highest BCUT2D eigenvalue weighted by Gasteiger charge is 2.29. The van der Waals surface area contributed by atoms with E-state index < -0.39 is 0 Å². The molecular formula is C21H27N7O. The summed E-state index contributed by atoms with van der Waals surface area (Å²) in [7, 11) is 1.89. The van der Waals surface area contributed by atoms with Gasteiger partial charge in [-0.2, -0.15) is 5.10 Å². The normalized spacial score (nSPS) is 18.0. The number of anilines is 1. The molecule has 0 amide bonds. The van der Waals surface area contributed by atoms with Crippen LogP contribution in [0, 0.1) is 13.8 Å². The van der Waals surface area contributed by atoms with Crippen LogP contribution in [0.4, 0.5) is 5.82 Å². The Morgan fingerprint density at radius 1 is 1.14 bits per heavy atom. The number of rotatable bonds is 5. The topological polar surface area (TPSA) is 72.1 Å². The zero-order valence-corrected chi connectivity index (χ0v) is 17.3. The number of Topliss-reactive ketones (excluding diaryl/α,β-unsaturated/α-hetero) is 1. The Morgan fingerprint density at radius 2 is 1.90 bits per heavy atom. The molecule has 29 heavy (non-hydrogen) atoms. The quantitative estimate of drug-likeness (QED) is 0.619. The molecule has 3 aromatic rings. The first-order chi connectivity index (χ1) is 14.0. The van der Waals surface area contributed by atoms with Gasteiger partial charge in [-0.05, 0) is 32.8 Å². The van der Waals surface area contributed by atoms with Crippen LogP contribution in [0.2, 0.25) is 0 Å². The molecule has 1 aliphatic carbocycles. The third-order valence-electron chi connectivity index (χ3n) is 6.24. The maximum absolute atomic E-state index is 13.0. The molecule has 4 heterocycles. The second-order valence-electron chi connectivity index (χ2n) is 8.28. The van der Waals surface area contributed by atoms with Crippen LogP contribution in [-0.4, -0.2) is 67.7 Å². The fraction of sp³-hybridized carbons (Fsp3) is 0.524. The van der Waals surface area contributed by atoms with E-state index in [1.54, 1.807) is 11.0 Å². The molecule has 2 aliphatic rings. The minimum Gasteiger partial charge on any atom is -0.353 e. The third kappa shape index (κ3) is 3.21. The monoisotopic (exact) mass is 393 g/mol. The van der Waals surface area contributed by atoms with E-state index >= 15 is 0 Å². The molecule has 2 fully saturated rings. The molecule has 8 nitrogen and oxygen atoms in total. The molecule has 0 spiro atoms. The number of fused-ring (bicyclic) bond motifs is 1. The lowest BCUT2D eigenvalue weighted by atomic mass is 10.1. The van der Waals surface area contributed by atoms with Gasteiger partial charge < -0.3 is 9.47 Å². The first-order valence-electron chi connectivity index (χ1n) is 10.3. The molecule has 0 unspecified atom stereocenters. The van der Waals surface area contributed by atoms with Crippen molar-refractivity contribution in [1.82, 2.24) is 29.2 Å². The number of piperazine rings is 1. The highest BCUT2D eigenvalue weighted by Crippen LogP contribution is 2.38. The smallest absolute Gasteiger partial charge is 0.178 e. The summed E-state index contributed by atoms with van der Waals surface area (Å²) in [6.07, 6.45) is 5.90. The highest BCUT2D eigenvalue weighted by molar-refractivity contribution is 5.99. The van der Waals surface area contributed by atoms with Gasteiger partial charge in [-0.15, -0.1) is 0 Å². The number of nitrogens with zero attached hydrogens (tertiary/aromatic N) is 7. The van der Waals surface area contributed by atoms with E-state index in [1.165, 1.54) is 18.5 Å². The van der Waals surface area contributed by atoms with Gasteiger partial charge in [-0.25, -0.2) is 9.97 Å². The third-order valence-corrected chi connectivity index (χ3v) is 6.24. The SMILES string of the molecule is Cc1cc(C(=O)CN2CCN(c3ncnc4c3cnn4C)CC2)c(C)n1C1CC1. The Labute approximate surface area is 170 Å². The minimum absolute atomic E-state index is 0.232. The van der Waals surface area contributed by atoms with Crippen molar-refractivity contribution in [3.8, 4) is 0 Å². The zero-order chi connectivity index (χ0) is 20.1. The molecule has 1 saturated carbocycles. The van der Waals surface area contributed by atoms with Crippen molar-refractivity contribution in [3.63, 3.8) is 0 Å². The minimum atomic E-state index is 0.232. The maximum Gasteiger partial charge on any atom is 0.178 e. The van der Waals surface area contributed by atoms with Gasteiger partial charge in [-0.1, -0.05) is 0 Å². The number of hydrogen-bond donors (Lipinski definition) is 0. The van der Waals surface area contributed by atoms with Crippen molar-refractivity contribution in [2.75, 3.05) is 37.6 Å². The van der Waals surface area contributed by atoms with Crippen molar-refractivity contribution >= 4 is 22.6 Å². The Morgan fingerprint density at radius 3 is 2.62 bits per heavy atom. The van der Waals surface area contributed by atoms with Crippen LogP contribution in [0.5, 0.6) is 0 Å². The van der Waals surface area contributed by atoms with Crippen molar-refractivity contribution < 1.29 is 4.79 Å². The molecule has 0 radical (unpaired) electrons. The highest BCUT2D eigenvalue weighted by atomic mass is 16.1. The number of hydrogen-bond acceptors (Lipinski definition) is 6. The maximum atomic E-state index is 13.0. The van der Waals surface area contributed by atoms with Gasteiger partial charge >= 0.3 is 0 Å². The van der Waals surface area contributed by atoms with E-state index in [1.807, 2.05) is 13.2 Å². The van der Waals surface area contributed by atoms with Crippen molar-refractivity contribution in [2.45, 2.75) is 32.7 Å². The molecule has 0 atom stereocenters. The Hall–Kier alpha value is -2.74. The Kier molecular flexibility index (Phi) is 4.38. The van der Waals surface area contributed by atoms with E-state index in [-0.39, 0.29) is 5.78 Å². The average Bonchev–Trinajstić information content (AvgIpc) is 3.41. The number of aryl methyl sites for hydroxylation is 2. The predicted molar refractivity (Wildman–Crippen MR) is 111 cm³/mol. The van der Waals surface area contributed by atoms with Crippen LogP contribution >= 0.6 is 0 Å². The number of carbonyl (C=O) groups is 1. The summed E-state index contributed by atoms with van der Waals surface area (Å²) >= 11 is 0. The summed E-state index contributed by atoms with van der Waals surface area (Å²) in [5.41, 5.74) is 4.08. The van der Waals surface area contributed by atoms with E-state index in [0.717, 1.165) is 54.3 Å². The Balaban J connectivity index is 1.25. The summed E-state index contributed by atoms with van der Waals surface area (Å²) in [5, 5.41) is 5.28. The molecule has 0 N–H and O–H groups in total. The van der Waals surface area contributed by atoms with Crippen molar-refractivity contribution in [3.05, 3.63) is 35.5 Å². The first kappa shape index (κ1) is 18.3. The molecule has 1 aliphatic heterocycles. The van der Waals surface area contributed by atoms with Gasteiger partial charge in [0.25, 0.3) is 0 Å². The standard InChI is InChI=1S/C21H27N7O/c1-14-10-17(15(2)28(14)16-4-5-16)19(29)12-26-6-8-27(9-7-26)21-18-11-24-25(3)20(18)22-13-23-21/h10-11,13,16H,4-9,12H2,1-3H3. The molecule has 3 aromatic heterocycles. The molecular weight excluding hydrogens is 366 g/mol. The molecule has 152 valence electrons. The van der Waals surface area contributed by atoms with Gasteiger partial charge in [0.05, 0.1) is 18.1 Å². The average molecular weight is 393 g/mol. The second kappa shape index (κ2) is 6.95. The van der Waals surface area contributed by atoms with Gasteiger partial charge in [0, 0.05) is 56.2 Å². The van der Waals surface area contributed by atoms with Crippen LogP contribution in [0.1, 0.15) is 40.6 Å². The van der Waals surface area contributed by atoms with Gasteiger partial charge in [0.15, 0.2) is 11.4 Å². The number of ketones is 1.